The summed E-state index contributed by atoms with van der Waals surface area (Å²) in [5.41, 5.74) is 1.29. The first-order chi connectivity index (χ1) is 11.2. The fourth-order valence-electron chi connectivity index (χ4n) is 2.55. The maximum atomic E-state index is 5.94. The van der Waals surface area contributed by atoms with Gasteiger partial charge in [0.15, 0.2) is 0 Å². The summed E-state index contributed by atoms with van der Waals surface area (Å²) in [7, 11) is 0. The van der Waals surface area contributed by atoms with Crippen LogP contribution in [0.1, 0.15) is 32.8 Å². The molecule has 0 spiro atoms. The van der Waals surface area contributed by atoms with Gasteiger partial charge in [-0.05, 0) is 0 Å². The zero-order valence-corrected chi connectivity index (χ0v) is 16.4. The van der Waals surface area contributed by atoms with Crippen LogP contribution in [0.4, 0.5) is 0 Å². The van der Waals surface area contributed by atoms with Crippen molar-refractivity contribution in [1.82, 2.24) is 4.90 Å². The van der Waals surface area contributed by atoms with Gasteiger partial charge in [0.1, 0.15) is 0 Å². The second-order valence-corrected chi connectivity index (χ2v) is 9.49. The predicted octanol–water partition coefficient (Wildman–Crippen LogP) is 4.45. The first-order valence-electron chi connectivity index (χ1n) is 8.52. The Hall–Kier alpha value is -0.646. The van der Waals surface area contributed by atoms with E-state index in [1.54, 1.807) is 0 Å². The molecular formula is C18H31NO3Ti. The number of hydrogen-bond donors (Lipinski definition) is 0. The molecule has 1 aromatic carbocycles. The van der Waals surface area contributed by atoms with Crippen LogP contribution in [0, 0.1) is 0 Å². The summed E-state index contributed by atoms with van der Waals surface area (Å²) in [6.45, 7) is 13.7. The summed E-state index contributed by atoms with van der Waals surface area (Å²) in [5, 5.41) is 0. The van der Waals surface area contributed by atoms with E-state index in [0.29, 0.717) is 19.8 Å². The number of benzene rings is 1. The normalized spacial score (nSPS) is 11.4. The average Bonchev–Trinajstić information content (AvgIpc) is 2.55. The van der Waals surface area contributed by atoms with E-state index < -0.39 is 17.8 Å². The zero-order chi connectivity index (χ0) is 17.0. The van der Waals surface area contributed by atoms with E-state index >= 15 is 0 Å². The van der Waals surface area contributed by atoms with Gasteiger partial charge in [-0.15, -0.1) is 0 Å². The molecular weight excluding hydrogens is 326 g/mol. The molecule has 5 heteroatoms. The Morgan fingerprint density at radius 3 is 2.04 bits per heavy atom. The van der Waals surface area contributed by atoms with Crippen LogP contribution < -0.4 is 0 Å². The van der Waals surface area contributed by atoms with Crippen LogP contribution in [-0.4, -0.2) is 31.3 Å². The third kappa shape index (κ3) is 7.64. The molecule has 0 bridgehead atoms. The van der Waals surface area contributed by atoms with Crippen LogP contribution >= 0.6 is 0 Å². The molecule has 0 aliphatic carbocycles. The number of nitrogens with zero attached hydrogens (tertiary/aromatic N) is 1. The van der Waals surface area contributed by atoms with Gasteiger partial charge in [0.25, 0.3) is 0 Å². The van der Waals surface area contributed by atoms with Crippen molar-refractivity contribution in [3.8, 4) is 0 Å². The van der Waals surface area contributed by atoms with Crippen LogP contribution in [0.5, 0.6) is 0 Å². The third-order valence-corrected chi connectivity index (χ3v) is 8.43. The Morgan fingerprint density at radius 1 is 1.00 bits per heavy atom. The summed E-state index contributed by atoms with van der Waals surface area (Å²) in [6, 6.07) is 10.4. The summed E-state index contributed by atoms with van der Waals surface area (Å²) in [5.74, 6) is 0. The van der Waals surface area contributed by atoms with E-state index in [4.69, 9.17) is 9.96 Å². The Morgan fingerprint density at radius 2 is 1.57 bits per heavy atom. The fourth-order valence-corrected chi connectivity index (χ4v) is 6.60. The van der Waals surface area contributed by atoms with Crippen LogP contribution in [-0.2, 0) is 34.3 Å². The molecule has 4 nitrogen and oxygen atoms in total. The Labute approximate surface area is 146 Å². The minimum atomic E-state index is -3.09. The quantitative estimate of drug-likeness (QED) is 0.488. The summed E-state index contributed by atoms with van der Waals surface area (Å²) in [6.07, 6.45) is 2.89. The molecule has 1 aromatic rings. The summed E-state index contributed by atoms with van der Waals surface area (Å²) in [4.78, 5) is 2.23. The minimum absolute atomic E-state index is 0.648. The van der Waals surface area contributed by atoms with Crippen molar-refractivity contribution < 1.29 is 27.7 Å². The maximum absolute atomic E-state index is 5.94. The summed E-state index contributed by atoms with van der Waals surface area (Å²) < 4.78 is 18.7. The van der Waals surface area contributed by atoms with Gasteiger partial charge in [0.05, 0.1) is 0 Å². The fraction of sp³-hybridized carbons (Fsp3) is 0.556. The van der Waals surface area contributed by atoms with E-state index in [9.17, 15) is 0 Å². The molecule has 0 saturated carbocycles. The number of hydrogen-bond acceptors (Lipinski definition) is 4. The van der Waals surface area contributed by atoms with Gasteiger partial charge in [-0.3, -0.25) is 0 Å². The molecule has 0 fully saturated rings. The molecule has 0 saturated heterocycles. The van der Waals surface area contributed by atoms with Gasteiger partial charge in [-0.1, -0.05) is 0 Å². The molecule has 0 heterocycles. The molecule has 0 unspecified atom stereocenters. The van der Waals surface area contributed by atoms with Gasteiger partial charge in [-0.25, -0.2) is 0 Å². The predicted molar refractivity (Wildman–Crippen MR) is 91.4 cm³/mol. The van der Waals surface area contributed by atoms with Gasteiger partial charge in [-0.2, -0.15) is 0 Å². The van der Waals surface area contributed by atoms with E-state index in [1.165, 1.54) is 5.56 Å². The van der Waals surface area contributed by atoms with E-state index in [-0.39, 0.29) is 0 Å². The van der Waals surface area contributed by atoms with Crippen LogP contribution in [0.15, 0.2) is 43.1 Å². The van der Waals surface area contributed by atoms with Gasteiger partial charge in [0, 0.05) is 0 Å². The van der Waals surface area contributed by atoms with Gasteiger partial charge in [0.2, 0.25) is 0 Å². The molecule has 23 heavy (non-hydrogen) atoms. The van der Waals surface area contributed by atoms with E-state index in [0.717, 1.165) is 24.2 Å². The van der Waals surface area contributed by atoms with Gasteiger partial charge < -0.3 is 0 Å². The second kappa shape index (κ2) is 11.8. The molecule has 0 aliphatic rings. The molecule has 0 radical (unpaired) electrons. The first-order valence-corrected chi connectivity index (χ1v) is 11.5. The van der Waals surface area contributed by atoms with Crippen molar-refractivity contribution in [2.75, 3.05) is 26.4 Å². The molecule has 0 aromatic heterocycles. The van der Waals surface area contributed by atoms with Crippen molar-refractivity contribution in [2.24, 2.45) is 0 Å². The first kappa shape index (κ1) is 20.4. The third-order valence-electron chi connectivity index (χ3n) is 3.51. The zero-order valence-electron chi connectivity index (χ0n) is 14.8. The molecule has 0 atom stereocenters. The molecule has 1 rings (SSSR count). The second-order valence-electron chi connectivity index (χ2n) is 5.22. The van der Waals surface area contributed by atoms with E-state index in [2.05, 4.69) is 35.7 Å². The monoisotopic (exact) mass is 357 g/mol. The van der Waals surface area contributed by atoms with Crippen molar-refractivity contribution in [1.29, 1.82) is 0 Å². The Balaban J connectivity index is 2.53. The SMILES string of the molecule is C=CN(CC[CH2][Ti]([O]CC)([O]CC)[O]CC)Cc1ccccc1. The molecule has 130 valence electrons. The van der Waals surface area contributed by atoms with Crippen molar-refractivity contribution in [3.05, 3.63) is 48.7 Å². The van der Waals surface area contributed by atoms with Crippen molar-refractivity contribution in [2.45, 2.75) is 38.5 Å². The van der Waals surface area contributed by atoms with Crippen LogP contribution in [0.3, 0.4) is 0 Å². The number of rotatable bonds is 13. The topological polar surface area (TPSA) is 30.9 Å². The standard InChI is InChI=1S/C12H16N.3C2H5O.Ti/c1-3-10-13(4-2)11-12-8-6-5-7-9-12;3*1-2-3;/h4-9H,1-3,10-11H2;3*2H2,1H3;/q;3*-1;+3. The van der Waals surface area contributed by atoms with Crippen LogP contribution in [0.25, 0.3) is 0 Å². The van der Waals surface area contributed by atoms with Crippen molar-refractivity contribution in [3.63, 3.8) is 0 Å². The van der Waals surface area contributed by atoms with Crippen molar-refractivity contribution >= 4 is 0 Å². The summed E-state index contributed by atoms with van der Waals surface area (Å²) >= 11 is -3.09. The Bertz CT molecular complexity index is 411. The average molecular weight is 357 g/mol. The van der Waals surface area contributed by atoms with E-state index in [1.807, 2.05) is 33.0 Å². The molecule has 0 amide bonds. The Kier molecular flexibility index (Phi) is 10.5. The molecule has 0 N–H and O–H groups in total. The molecule has 0 aliphatic heterocycles. The van der Waals surface area contributed by atoms with Crippen LogP contribution in [0.2, 0.25) is 4.73 Å². The van der Waals surface area contributed by atoms with Gasteiger partial charge >= 0.3 is 146 Å².